The molecular formula is C13H16BrN3. The van der Waals surface area contributed by atoms with Crippen LogP contribution in [0, 0.1) is 0 Å². The van der Waals surface area contributed by atoms with Crippen molar-refractivity contribution in [2.75, 3.05) is 13.6 Å². The van der Waals surface area contributed by atoms with Crippen LogP contribution in [0.15, 0.2) is 34.8 Å². The lowest BCUT2D eigenvalue weighted by atomic mass is 10.1. The SMILES string of the molecule is CNCCCc1cc(-c2cccc(Br)c2)n[nH]1. The standard InChI is InChI=1S/C13H16BrN3/c1-15-7-3-6-12-9-13(17-16-12)10-4-2-5-11(14)8-10/h2,4-5,8-9,15H,3,6-7H2,1H3,(H,16,17). The monoisotopic (exact) mass is 293 g/mol. The van der Waals surface area contributed by atoms with Crippen LogP contribution >= 0.6 is 15.9 Å². The fourth-order valence-corrected chi connectivity index (χ4v) is 2.14. The summed E-state index contributed by atoms with van der Waals surface area (Å²) in [5, 5.41) is 10.6. The largest absolute Gasteiger partial charge is 0.320 e. The van der Waals surface area contributed by atoms with E-state index in [-0.39, 0.29) is 0 Å². The minimum absolute atomic E-state index is 1.01. The van der Waals surface area contributed by atoms with E-state index < -0.39 is 0 Å². The van der Waals surface area contributed by atoms with Crippen molar-refractivity contribution < 1.29 is 0 Å². The van der Waals surface area contributed by atoms with E-state index in [4.69, 9.17) is 0 Å². The molecule has 0 spiro atoms. The highest BCUT2D eigenvalue weighted by molar-refractivity contribution is 9.10. The lowest BCUT2D eigenvalue weighted by Gasteiger charge is -1.97. The van der Waals surface area contributed by atoms with Gasteiger partial charge in [0.15, 0.2) is 0 Å². The summed E-state index contributed by atoms with van der Waals surface area (Å²) in [4.78, 5) is 0. The Morgan fingerprint density at radius 1 is 1.35 bits per heavy atom. The van der Waals surface area contributed by atoms with Crippen molar-refractivity contribution in [1.29, 1.82) is 0 Å². The zero-order chi connectivity index (χ0) is 12.1. The Hall–Kier alpha value is -1.13. The van der Waals surface area contributed by atoms with Crippen molar-refractivity contribution in [2.24, 2.45) is 0 Å². The molecule has 0 fully saturated rings. The first-order chi connectivity index (χ1) is 8.29. The zero-order valence-corrected chi connectivity index (χ0v) is 11.4. The summed E-state index contributed by atoms with van der Waals surface area (Å²) < 4.78 is 1.08. The summed E-state index contributed by atoms with van der Waals surface area (Å²) >= 11 is 3.47. The second-order valence-corrected chi connectivity index (χ2v) is 4.91. The normalized spacial score (nSPS) is 10.7. The number of benzene rings is 1. The average molecular weight is 294 g/mol. The van der Waals surface area contributed by atoms with Gasteiger partial charge in [0.1, 0.15) is 0 Å². The molecule has 17 heavy (non-hydrogen) atoms. The van der Waals surface area contributed by atoms with Gasteiger partial charge in [-0.1, -0.05) is 28.1 Å². The van der Waals surface area contributed by atoms with Crippen molar-refractivity contribution in [3.05, 3.63) is 40.5 Å². The van der Waals surface area contributed by atoms with Crippen molar-refractivity contribution in [3.63, 3.8) is 0 Å². The highest BCUT2D eigenvalue weighted by Crippen LogP contribution is 2.21. The second-order valence-electron chi connectivity index (χ2n) is 4.00. The number of rotatable bonds is 5. The number of aromatic amines is 1. The van der Waals surface area contributed by atoms with Crippen molar-refractivity contribution in [3.8, 4) is 11.3 Å². The molecule has 2 rings (SSSR count). The fourth-order valence-electron chi connectivity index (χ4n) is 1.74. The van der Waals surface area contributed by atoms with E-state index in [0.29, 0.717) is 0 Å². The van der Waals surface area contributed by atoms with Gasteiger partial charge in [-0.2, -0.15) is 5.10 Å². The van der Waals surface area contributed by atoms with Gasteiger partial charge in [0.2, 0.25) is 0 Å². The maximum atomic E-state index is 4.34. The lowest BCUT2D eigenvalue weighted by molar-refractivity contribution is 0.713. The van der Waals surface area contributed by atoms with Gasteiger partial charge in [-0.15, -0.1) is 0 Å². The van der Waals surface area contributed by atoms with Crippen molar-refractivity contribution >= 4 is 15.9 Å². The number of aryl methyl sites for hydroxylation is 1. The highest BCUT2D eigenvalue weighted by Gasteiger charge is 2.03. The van der Waals surface area contributed by atoms with Gasteiger partial charge >= 0.3 is 0 Å². The molecule has 0 aliphatic heterocycles. The predicted molar refractivity (Wildman–Crippen MR) is 74.0 cm³/mol. The van der Waals surface area contributed by atoms with Crippen LogP contribution in [-0.4, -0.2) is 23.8 Å². The van der Waals surface area contributed by atoms with Gasteiger partial charge in [-0.3, -0.25) is 5.10 Å². The molecule has 0 atom stereocenters. The molecule has 0 radical (unpaired) electrons. The van der Waals surface area contributed by atoms with E-state index in [1.165, 1.54) is 5.69 Å². The van der Waals surface area contributed by atoms with Crippen LogP contribution in [-0.2, 0) is 6.42 Å². The molecule has 1 aromatic carbocycles. The lowest BCUT2D eigenvalue weighted by Crippen LogP contribution is -2.08. The van der Waals surface area contributed by atoms with Gasteiger partial charge in [-0.05, 0) is 44.6 Å². The highest BCUT2D eigenvalue weighted by atomic mass is 79.9. The molecule has 1 aromatic heterocycles. The van der Waals surface area contributed by atoms with E-state index in [2.05, 4.69) is 49.6 Å². The summed E-state index contributed by atoms with van der Waals surface area (Å²) in [5.74, 6) is 0. The number of nitrogens with one attached hydrogen (secondary N) is 2. The number of halogens is 1. The van der Waals surface area contributed by atoms with Crippen LogP contribution in [0.3, 0.4) is 0 Å². The first kappa shape index (κ1) is 12.3. The molecule has 4 heteroatoms. The first-order valence-electron chi connectivity index (χ1n) is 5.74. The minimum atomic E-state index is 1.01. The third-order valence-corrected chi connectivity index (χ3v) is 3.12. The minimum Gasteiger partial charge on any atom is -0.320 e. The molecule has 3 nitrogen and oxygen atoms in total. The Balaban J connectivity index is 2.07. The number of H-pyrrole nitrogens is 1. The quantitative estimate of drug-likeness (QED) is 0.832. The van der Waals surface area contributed by atoms with Gasteiger partial charge < -0.3 is 5.32 Å². The maximum absolute atomic E-state index is 4.34. The third kappa shape index (κ3) is 3.41. The fraction of sp³-hybridized carbons (Fsp3) is 0.308. The molecule has 0 unspecified atom stereocenters. The molecule has 0 saturated heterocycles. The van der Waals surface area contributed by atoms with E-state index in [9.17, 15) is 0 Å². The molecule has 0 amide bonds. The van der Waals surface area contributed by atoms with Crippen LogP contribution in [0.4, 0.5) is 0 Å². The van der Waals surface area contributed by atoms with Crippen LogP contribution in [0.2, 0.25) is 0 Å². The Labute approximate surface area is 110 Å². The number of aromatic nitrogens is 2. The molecule has 0 saturated carbocycles. The number of nitrogens with zero attached hydrogens (tertiary/aromatic N) is 1. The summed E-state index contributed by atoms with van der Waals surface area (Å²) in [5.41, 5.74) is 3.33. The molecule has 2 N–H and O–H groups in total. The molecule has 0 aliphatic rings. The summed E-state index contributed by atoms with van der Waals surface area (Å²) in [6, 6.07) is 10.3. The smallest absolute Gasteiger partial charge is 0.0923 e. The second kappa shape index (κ2) is 5.98. The van der Waals surface area contributed by atoms with Gasteiger partial charge in [0.05, 0.1) is 5.69 Å². The molecule has 0 aliphatic carbocycles. The number of hydrogen-bond acceptors (Lipinski definition) is 2. The molecule has 90 valence electrons. The molecular weight excluding hydrogens is 278 g/mol. The van der Waals surface area contributed by atoms with Gasteiger partial charge in [-0.25, -0.2) is 0 Å². The Morgan fingerprint density at radius 2 is 2.24 bits per heavy atom. The Morgan fingerprint density at radius 3 is 3.00 bits per heavy atom. The summed E-state index contributed by atoms with van der Waals surface area (Å²) in [6.45, 7) is 1.03. The van der Waals surface area contributed by atoms with Crippen LogP contribution in [0.1, 0.15) is 12.1 Å². The topological polar surface area (TPSA) is 40.7 Å². The molecule has 2 aromatic rings. The van der Waals surface area contributed by atoms with Crippen molar-refractivity contribution in [2.45, 2.75) is 12.8 Å². The number of hydrogen-bond donors (Lipinski definition) is 2. The van der Waals surface area contributed by atoms with E-state index in [1.54, 1.807) is 0 Å². The zero-order valence-electron chi connectivity index (χ0n) is 9.83. The van der Waals surface area contributed by atoms with Crippen molar-refractivity contribution in [1.82, 2.24) is 15.5 Å². The van der Waals surface area contributed by atoms with Gasteiger partial charge in [0.25, 0.3) is 0 Å². The van der Waals surface area contributed by atoms with Crippen LogP contribution in [0.25, 0.3) is 11.3 Å². The first-order valence-corrected chi connectivity index (χ1v) is 6.54. The Kier molecular flexibility index (Phi) is 4.34. The summed E-state index contributed by atoms with van der Waals surface area (Å²) in [6.07, 6.45) is 2.15. The van der Waals surface area contributed by atoms with E-state index in [1.807, 2.05) is 19.2 Å². The van der Waals surface area contributed by atoms with E-state index in [0.717, 1.165) is 35.1 Å². The molecule has 1 heterocycles. The van der Waals surface area contributed by atoms with Crippen LogP contribution in [0.5, 0.6) is 0 Å². The van der Waals surface area contributed by atoms with Crippen LogP contribution < -0.4 is 5.32 Å². The van der Waals surface area contributed by atoms with E-state index >= 15 is 0 Å². The average Bonchev–Trinajstić information content (AvgIpc) is 2.78. The third-order valence-electron chi connectivity index (χ3n) is 2.62. The predicted octanol–water partition coefficient (Wildman–Crippen LogP) is 2.99. The summed E-state index contributed by atoms with van der Waals surface area (Å²) in [7, 11) is 1.97. The van der Waals surface area contributed by atoms with Gasteiger partial charge in [0, 0.05) is 15.7 Å². The maximum Gasteiger partial charge on any atom is 0.0923 e. The molecule has 0 bridgehead atoms. The Bertz CT molecular complexity index is 479.